The number of aliphatic hydroxyl groups is 3. The first kappa shape index (κ1) is 14.3. The van der Waals surface area contributed by atoms with E-state index < -0.39 is 30.6 Å². The van der Waals surface area contributed by atoms with E-state index in [4.69, 9.17) is 40.7 Å². The molecule has 0 amide bonds. The van der Waals surface area contributed by atoms with Crippen molar-refractivity contribution >= 4 is 24.4 Å². The molecule has 0 aliphatic carbocycles. The molecule has 6 nitrogen and oxygen atoms in total. The van der Waals surface area contributed by atoms with Crippen LogP contribution in [0.1, 0.15) is 6.23 Å². The zero-order chi connectivity index (χ0) is 14.2. The second-order valence-corrected chi connectivity index (χ2v) is 4.97. The Morgan fingerprint density at radius 1 is 1.58 bits per heavy atom. The number of nitrogens with one attached hydrogen (secondary N) is 1. The van der Waals surface area contributed by atoms with Gasteiger partial charge in [-0.25, -0.2) is 0 Å². The Balaban J connectivity index is 2.52. The Bertz CT molecular complexity index is 635. The SMILES string of the molecule is C#CC1(O)[C@@H](O)[C@@H](CO)O[C@H]1n1ccc(=S)[nH]c1=S. The average molecular weight is 300 g/mol. The first-order valence-corrected chi connectivity index (χ1v) is 6.21. The van der Waals surface area contributed by atoms with E-state index >= 15 is 0 Å². The predicted octanol–water partition coefficient (Wildman–Crippen LogP) is -0.110. The van der Waals surface area contributed by atoms with E-state index in [0.29, 0.717) is 4.64 Å². The molecule has 1 aliphatic heterocycles. The molecule has 0 bridgehead atoms. The highest BCUT2D eigenvalue weighted by molar-refractivity contribution is 7.72. The van der Waals surface area contributed by atoms with Crippen LogP contribution < -0.4 is 0 Å². The summed E-state index contributed by atoms with van der Waals surface area (Å²) in [5.41, 5.74) is -1.98. The van der Waals surface area contributed by atoms with Gasteiger partial charge in [0.2, 0.25) is 0 Å². The first-order chi connectivity index (χ1) is 8.93. The van der Waals surface area contributed by atoms with Crippen molar-refractivity contribution < 1.29 is 20.1 Å². The Morgan fingerprint density at radius 2 is 2.26 bits per heavy atom. The molecule has 1 aromatic rings. The van der Waals surface area contributed by atoms with E-state index in [9.17, 15) is 10.2 Å². The Labute approximate surface area is 119 Å². The number of aromatic nitrogens is 2. The molecule has 1 saturated heterocycles. The lowest BCUT2D eigenvalue weighted by Gasteiger charge is -2.26. The molecule has 8 heteroatoms. The summed E-state index contributed by atoms with van der Waals surface area (Å²) in [5.74, 6) is 2.11. The van der Waals surface area contributed by atoms with Crippen molar-refractivity contribution in [2.24, 2.45) is 0 Å². The summed E-state index contributed by atoms with van der Waals surface area (Å²) < 4.78 is 7.35. The molecule has 0 saturated carbocycles. The average Bonchev–Trinajstić information content (AvgIpc) is 2.63. The topological polar surface area (TPSA) is 90.6 Å². The molecule has 4 N–H and O–H groups in total. The highest BCUT2D eigenvalue weighted by Gasteiger charge is 2.55. The van der Waals surface area contributed by atoms with Gasteiger partial charge in [-0.2, -0.15) is 0 Å². The molecule has 0 spiro atoms. The fraction of sp³-hybridized carbons (Fsp3) is 0.455. The maximum atomic E-state index is 10.3. The van der Waals surface area contributed by atoms with Crippen molar-refractivity contribution in [1.29, 1.82) is 0 Å². The maximum absolute atomic E-state index is 10.3. The number of H-pyrrole nitrogens is 1. The van der Waals surface area contributed by atoms with Gasteiger partial charge in [-0.15, -0.1) is 6.42 Å². The third-order valence-corrected chi connectivity index (χ3v) is 3.55. The van der Waals surface area contributed by atoms with Gasteiger partial charge in [0.15, 0.2) is 16.6 Å². The number of hydrogen-bond acceptors (Lipinski definition) is 6. The Kier molecular flexibility index (Phi) is 3.87. The molecule has 4 atom stereocenters. The lowest BCUT2D eigenvalue weighted by molar-refractivity contribution is -0.0754. The highest BCUT2D eigenvalue weighted by atomic mass is 32.1. The number of ether oxygens (including phenoxy) is 1. The number of rotatable bonds is 2. The molecule has 2 heterocycles. The van der Waals surface area contributed by atoms with Gasteiger partial charge < -0.3 is 25.0 Å². The van der Waals surface area contributed by atoms with Crippen LogP contribution in [0.2, 0.25) is 0 Å². The lowest BCUT2D eigenvalue weighted by atomic mass is 9.95. The van der Waals surface area contributed by atoms with E-state index in [-0.39, 0.29) is 4.77 Å². The van der Waals surface area contributed by atoms with Crippen molar-refractivity contribution in [2.75, 3.05) is 6.61 Å². The number of nitrogens with zero attached hydrogens (tertiary/aromatic N) is 1. The predicted molar refractivity (Wildman–Crippen MR) is 71.2 cm³/mol. The second kappa shape index (κ2) is 5.13. The van der Waals surface area contributed by atoms with Crippen LogP contribution in [0.25, 0.3) is 0 Å². The van der Waals surface area contributed by atoms with Crippen LogP contribution in [-0.4, -0.2) is 49.3 Å². The summed E-state index contributed by atoms with van der Waals surface area (Å²) in [5, 5.41) is 29.4. The fourth-order valence-electron chi connectivity index (χ4n) is 1.96. The maximum Gasteiger partial charge on any atom is 0.199 e. The van der Waals surface area contributed by atoms with Crippen LogP contribution in [0.4, 0.5) is 0 Å². The van der Waals surface area contributed by atoms with Crippen LogP contribution in [0.3, 0.4) is 0 Å². The van der Waals surface area contributed by atoms with Crippen LogP contribution in [0.5, 0.6) is 0 Å². The summed E-state index contributed by atoms with van der Waals surface area (Å²) in [6.07, 6.45) is 3.27. The van der Waals surface area contributed by atoms with Crippen molar-refractivity contribution in [3.8, 4) is 12.3 Å². The Morgan fingerprint density at radius 3 is 2.79 bits per heavy atom. The van der Waals surface area contributed by atoms with E-state index in [0.717, 1.165) is 0 Å². The van der Waals surface area contributed by atoms with E-state index in [1.54, 1.807) is 6.07 Å². The summed E-state index contributed by atoms with van der Waals surface area (Å²) in [6, 6.07) is 1.55. The van der Waals surface area contributed by atoms with Crippen LogP contribution in [0, 0.1) is 21.8 Å². The van der Waals surface area contributed by atoms with Crippen LogP contribution >= 0.6 is 24.4 Å². The van der Waals surface area contributed by atoms with Crippen molar-refractivity contribution in [3.63, 3.8) is 0 Å². The van der Waals surface area contributed by atoms with E-state index in [2.05, 4.69) is 10.9 Å². The molecule has 1 aliphatic rings. The third-order valence-electron chi connectivity index (χ3n) is 3.00. The quantitative estimate of drug-likeness (QED) is 0.450. The molecule has 0 radical (unpaired) electrons. The first-order valence-electron chi connectivity index (χ1n) is 5.40. The number of hydrogen-bond donors (Lipinski definition) is 4. The molecule has 2 rings (SSSR count). The largest absolute Gasteiger partial charge is 0.394 e. The van der Waals surface area contributed by atoms with Gasteiger partial charge in [-0.05, 0) is 18.3 Å². The van der Waals surface area contributed by atoms with Crippen molar-refractivity contribution in [1.82, 2.24) is 9.55 Å². The molecule has 0 aromatic carbocycles. The summed E-state index contributed by atoms with van der Waals surface area (Å²) in [6.45, 7) is -0.474. The number of aliphatic hydroxyl groups excluding tert-OH is 2. The lowest BCUT2D eigenvalue weighted by Crippen LogP contribution is -2.45. The standard InChI is InChI=1S/C11H12N2O4S2/c1-2-11(16)8(15)6(5-14)17-9(11)13-4-3-7(18)12-10(13)19/h1,3-4,6,8-9,14-16H,5H2,(H,12,18,19)/t6-,8+,9-,11?/m1/s1. The normalized spacial score (nSPS) is 34.1. The van der Waals surface area contributed by atoms with Crippen molar-refractivity contribution in [2.45, 2.75) is 24.0 Å². The molecular formula is C11H12N2O4S2. The van der Waals surface area contributed by atoms with E-state index in [1.165, 1.54) is 10.8 Å². The van der Waals surface area contributed by atoms with Gasteiger partial charge >= 0.3 is 0 Å². The van der Waals surface area contributed by atoms with Gasteiger partial charge in [0, 0.05) is 6.20 Å². The fourth-order valence-corrected chi connectivity index (χ4v) is 2.45. The molecule has 102 valence electrons. The minimum absolute atomic E-state index is 0.192. The minimum atomic E-state index is -1.98. The molecular weight excluding hydrogens is 288 g/mol. The zero-order valence-electron chi connectivity index (χ0n) is 9.68. The summed E-state index contributed by atoms with van der Waals surface area (Å²) in [4.78, 5) is 2.71. The third kappa shape index (κ3) is 2.25. The summed E-state index contributed by atoms with van der Waals surface area (Å²) in [7, 11) is 0. The van der Waals surface area contributed by atoms with Gasteiger partial charge in [0.05, 0.1) is 6.61 Å². The monoisotopic (exact) mass is 300 g/mol. The highest BCUT2D eigenvalue weighted by Crippen LogP contribution is 2.37. The van der Waals surface area contributed by atoms with Gasteiger partial charge in [-0.1, -0.05) is 18.1 Å². The van der Waals surface area contributed by atoms with Crippen LogP contribution in [-0.2, 0) is 4.74 Å². The van der Waals surface area contributed by atoms with Crippen LogP contribution in [0.15, 0.2) is 12.3 Å². The van der Waals surface area contributed by atoms with Gasteiger partial charge in [0.1, 0.15) is 16.8 Å². The Hall–Kier alpha value is -1.08. The number of aromatic amines is 1. The molecule has 1 aromatic heterocycles. The molecule has 19 heavy (non-hydrogen) atoms. The summed E-state index contributed by atoms with van der Waals surface area (Å²) >= 11 is 10.00. The van der Waals surface area contributed by atoms with Crippen molar-refractivity contribution in [3.05, 3.63) is 21.7 Å². The number of terminal acetylenes is 1. The molecule has 1 unspecified atom stereocenters. The zero-order valence-corrected chi connectivity index (χ0v) is 11.3. The van der Waals surface area contributed by atoms with E-state index in [1.807, 2.05) is 0 Å². The van der Waals surface area contributed by atoms with Gasteiger partial charge in [-0.3, -0.25) is 4.57 Å². The smallest absolute Gasteiger partial charge is 0.199 e. The van der Waals surface area contributed by atoms with Gasteiger partial charge in [0.25, 0.3) is 0 Å². The second-order valence-electron chi connectivity index (χ2n) is 4.14. The molecule has 1 fully saturated rings. The minimum Gasteiger partial charge on any atom is -0.394 e.